The molecule has 0 unspecified atom stereocenters. The number of nitrogens with two attached hydrogens (primary N) is 1. The lowest BCUT2D eigenvalue weighted by atomic mass is 10.1. The summed E-state index contributed by atoms with van der Waals surface area (Å²) in [6.45, 7) is 4.67. The number of hydrogen-bond acceptors (Lipinski definition) is 6. The van der Waals surface area contributed by atoms with Crippen molar-refractivity contribution in [3.8, 4) is 5.69 Å². The first-order valence-corrected chi connectivity index (χ1v) is 7.48. The zero-order valence-electron chi connectivity index (χ0n) is 13.2. The molecule has 0 fully saturated rings. The van der Waals surface area contributed by atoms with Crippen LogP contribution in [0.3, 0.4) is 0 Å². The Morgan fingerprint density at radius 3 is 2.78 bits per heavy atom. The van der Waals surface area contributed by atoms with Gasteiger partial charge in [0.25, 0.3) is 0 Å². The predicted molar refractivity (Wildman–Crippen MR) is 89.2 cm³/mol. The van der Waals surface area contributed by atoms with E-state index in [1.165, 1.54) is 6.33 Å². The lowest BCUT2D eigenvalue weighted by Gasteiger charge is -2.14. The number of rotatable bonds is 5. The third-order valence-corrected chi connectivity index (χ3v) is 3.70. The van der Waals surface area contributed by atoms with Crippen molar-refractivity contribution in [1.29, 1.82) is 0 Å². The number of para-hydroxylation sites is 1. The number of nitrogens with zero attached hydrogens (tertiary/aromatic N) is 5. The molecule has 2 aromatic heterocycles. The van der Waals surface area contributed by atoms with Gasteiger partial charge in [-0.1, -0.05) is 25.1 Å². The molecule has 0 aliphatic carbocycles. The molecule has 1 aromatic carbocycles. The third-order valence-electron chi connectivity index (χ3n) is 3.70. The van der Waals surface area contributed by atoms with Crippen LogP contribution in [0.15, 0.2) is 36.9 Å². The molecule has 118 valence electrons. The number of anilines is 2. The Morgan fingerprint density at radius 2 is 2.04 bits per heavy atom. The van der Waals surface area contributed by atoms with Crippen molar-refractivity contribution in [3.63, 3.8) is 0 Å². The molecular formula is C16H19N7. The highest BCUT2D eigenvalue weighted by Gasteiger charge is 2.10. The van der Waals surface area contributed by atoms with Gasteiger partial charge in [0.1, 0.15) is 18.5 Å². The molecule has 3 aromatic rings. The average Bonchev–Trinajstić information content (AvgIpc) is 3.10. The number of benzene rings is 1. The highest BCUT2D eigenvalue weighted by molar-refractivity contribution is 5.50. The monoisotopic (exact) mass is 309 g/mol. The van der Waals surface area contributed by atoms with Gasteiger partial charge in [-0.3, -0.25) is 0 Å². The van der Waals surface area contributed by atoms with Crippen LogP contribution in [0.1, 0.15) is 23.7 Å². The lowest BCUT2D eigenvalue weighted by Crippen LogP contribution is -2.11. The van der Waals surface area contributed by atoms with Gasteiger partial charge in [0.2, 0.25) is 5.95 Å². The minimum absolute atomic E-state index is 0.291. The summed E-state index contributed by atoms with van der Waals surface area (Å²) < 4.78 is 1.75. The van der Waals surface area contributed by atoms with E-state index in [0.29, 0.717) is 12.5 Å². The zero-order valence-corrected chi connectivity index (χ0v) is 13.2. The van der Waals surface area contributed by atoms with Gasteiger partial charge in [0, 0.05) is 12.1 Å². The van der Waals surface area contributed by atoms with E-state index in [-0.39, 0.29) is 0 Å². The summed E-state index contributed by atoms with van der Waals surface area (Å²) in [5, 5.41) is 7.55. The molecule has 3 rings (SSSR count). The van der Waals surface area contributed by atoms with E-state index in [2.05, 4.69) is 32.3 Å². The first kappa shape index (κ1) is 15.0. The minimum atomic E-state index is 0.291. The highest BCUT2D eigenvalue weighted by Crippen LogP contribution is 2.19. The minimum Gasteiger partial charge on any atom is -0.368 e. The van der Waals surface area contributed by atoms with Gasteiger partial charge in [-0.2, -0.15) is 10.1 Å². The summed E-state index contributed by atoms with van der Waals surface area (Å²) in [4.78, 5) is 12.6. The zero-order chi connectivity index (χ0) is 16.2. The van der Waals surface area contributed by atoms with Crippen molar-refractivity contribution < 1.29 is 0 Å². The molecule has 0 spiro atoms. The molecule has 0 aliphatic heterocycles. The van der Waals surface area contributed by atoms with Crippen LogP contribution in [-0.4, -0.2) is 24.7 Å². The fourth-order valence-corrected chi connectivity index (χ4v) is 2.49. The van der Waals surface area contributed by atoms with Crippen molar-refractivity contribution in [3.05, 3.63) is 53.7 Å². The van der Waals surface area contributed by atoms with Gasteiger partial charge in [-0.25, -0.2) is 14.6 Å². The summed E-state index contributed by atoms with van der Waals surface area (Å²) in [7, 11) is 0. The van der Waals surface area contributed by atoms with Crippen LogP contribution in [0.2, 0.25) is 0 Å². The molecule has 23 heavy (non-hydrogen) atoms. The van der Waals surface area contributed by atoms with Crippen molar-refractivity contribution in [2.24, 2.45) is 0 Å². The van der Waals surface area contributed by atoms with Crippen LogP contribution in [0.25, 0.3) is 5.69 Å². The second-order valence-electron chi connectivity index (χ2n) is 5.18. The van der Waals surface area contributed by atoms with E-state index < -0.39 is 0 Å². The standard InChI is InChI=1S/C16H19N7/c1-3-13-11(2)15(22-16(17)21-13)19-8-12-6-4-5-7-14(12)23-10-18-9-20-23/h4-7,9-10H,3,8H2,1-2H3,(H3,17,19,21,22). The molecule has 2 heterocycles. The fraction of sp³-hybridized carbons (Fsp3) is 0.250. The molecule has 7 heteroatoms. The lowest BCUT2D eigenvalue weighted by molar-refractivity contribution is 0.861. The first-order chi connectivity index (χ1) is 11.2. The SMILES string of the molecule is CCc1nc(N)nc(NCc2ccccc2-n2cncn2)c1C. The molecule has 0 amide bonds. The van der Waals surface area contributed by atoms with E-state index in [1.54, 1.807) is 11.0 Å². The van der Waals surface area contributed by atoms with Gasteiger partial charge < -0.3 is 11.1 Å². The van der Waals surface area contributed by atoms with E-state index in [9.17, 15) is 0 Å². The first-order valence-electron chi connectivity index (χ1n) is 7.48. The number of nitrogens with one attached hydrogen (secondary N) is 1. The molecule has 0 atom stereocenters. The van der Waals surface area contributed by atoms with Crippen LogP contribution in [0, 0.1) is 6.92 Å². The third kappa shape index (κ3) is 3.13. The summed E-state index contributed by atoms with van der Waals surface area (Å²) in [5.74, 6) is 1.06. The summed E-state index contributed by atoms with van der Waals surface area (Å²) >= 11 is 0. The van der Waals surface area contributed by atoms with Crippen molar-refractivity contribution in [2.45, 2.75) is 26.8 Å². The van der Waals surface area contributed by atoms with Gasteiger partial charge in [0.15, 0.2) is 0 Å². The highest BCUT2D eigenvalue weighted by atomic mass is 15.3. The molecule has 7 nitrogen and oxygen atoms in total. The summed E-state index contributed by atoms with van der Waals surface area (Å²) in [6, 6.07) is 8.02. The van der Waals surface area contributed by atoms with Gasteiger partial charge in [-0.05, 0) is 25.0 Å². The van der Waals surface area contributed by atoms with Gasteiger partial charge >= 0.3 is 0 Å². The Hall–Kier alpha value is -2.96. The Kier molecular flexibility index (Phi) is 4.18. The van der Waals surface area contributed by atoms with E-state index in [4.69, 9.17) is 5.73 Å². The van der Waals surface area contributed by atoms with Crippen LogP contribution < -0.4 is 11.1 Å². The average molecular weight is 309 g/mol. The second kappa shape index (κ2) is 6.43. The molecule has 0 radical (unpaired) electrons. The molecule has 0 aliphatic rings. The van der Waals surface area contributed by atoms with E-state index >= 15 is 0 Å². The maximum atomic E-state index is 5.80. The van der Waals surface area contributed by atoms with Crippen molar-refractivity contribution in [1.82, 2.24) is 24.7 Å². The summed E-state index contributed by atoms with van der Waals surface area (Å²) in [5.41, 5.74) is 9.86. The topological polar surface area (TPSA) is 94.5 Å². The van der Waals surface area contributed by atoms with E-state index in [1.807, 2.05) is 31.2 Å². The number of hydrogen-bond donors (Lipinski definition) is 2. The maximum Gasteiger partial charge on any atom is 0.222 e. The largest absolute Gasteiger partial charge is 0.368 e. The Labute approximate surface area is 134 Å². The quantitative estimate of drug-likeness (QED) is 0.749. The fourth-order valence-electron chi connectivity index (χ4n) is 2.49. The Morgan fingerprint density at radius 1 is 1.22 bits per heavy atom. The molecule has 3 N–H and O–H groups in total. The summed E-state index contributed by atoms with van der Waals surface area (Å²) in [6.07, 6.45) is 4.03. The predicted octanol–water partition coefficient (Wildman–Crippen LogP) is 2.12. The maximum absolute atomic E-state index is 5.80. The van der Waals surface area contributed by atoms with Gasteiger partial charge in [0.05, 0.1) is 11.4 Å². The molecular weight excluding hydrogens is 290 g/mol. The second-order valence-corrected chi connectivity index (χ2v) is 5.18. The molecule has 0 saturated heterocycles. The normalized spacial score (nSPS) is 10.7. The van der Waals surface area contributed by atoms with Crippen molar-refractivity contribution in [2.75, 3.05) is 11.1 Å². The Bertz CT molecular complexity index is 796. The van der Waals surface area contributed by atoms with Crippen LogP contribution in [-0.2, 0) is 13.0 Å². The Balaban J connectivity index is 1.86. The van der Waals surface area contributed by atoms with Crippen LogP contribution in [0.5, 0.6) is 0 Å². The molecule has 0 bridgehead atoms. The number of aromatic nitrogens is 5. The van der Waals surface area contributed by atoms with Gasteiger partial charge in [-0.15, -0.1) is 0 Å². The smallest absolute Gasteiger partial charge is 0.222 e. The number of aryl methyl sites for hydroxylation is 1. The number of nitrogen functional groups attached to an aromatic ring is 1. The van der Waals surface area contributed by atoms with Crippen molar-refractivity contribution >= 4 is 11.8 Å². The van der Waals surface area contributed by atoms with E-state index in [0.717, 1.165) is 34.7 Å². The van der Waals surface area contributed by atoms with Crippen LogP contribution in [0.4, 0.5) is 11.8 Å². The molecule has 0 saturated carbocycles. The van der Waals surface area contributed by atoms with Crippen LogP contribution >= 0.6 is 0 Å².